The van der Waals surface area contributed by atoms with Crippen molar-refractivity contribution in [3.63, 3.8) is 0 Å². The van der Waals surface area contributed by atoms with Crippen molar-refractivity contribution < 1.29 is 13.9 Å². The summed E-state index contributed by atoms with van der Waals surface area (Å²) in [5, 5.41) is 1.08. The Balaban J connectivity index is 2.13. The SMILES string of the molecule is CC(Br)c1cccc2cc(C3(C)OCCO3)oc12. The van der Waals surface area contributed by atoms with Gasteiger partial charge < -0.3 is 13.9 Å². The molecule has 96 valence electrons. The van der Waals surface area contributed by atoms with Crippen LogP contribution in [0.1, 0.15) is 30.0 Å². The number of furan rings is 1. The fraction of sp³-hybridized carbons (Fsp3) is 0.429. The molecule has 0 amide bonds. The maximum atomic E-state index is 5.97. The molecule has 1 unspecified atom stereocenters. The third-order valence-electron chi connectivity index (χ3n) is 3.29. The highest BCUT2D eigenvalue weighted by Gasteiger charge is 2.36. The molecule has 3 nitrogen and oxygen atoms in total. The summed E-state index contributed by atoms with van der Waals surface area (Å²) in [6.07, 6.45) is 0. The van der Waals surface area contributed by atoms with E-state index in [1.807, 2.05) is 25.1 Å². The van der Waals surface area contributed by atoms with Crippen LogP contribution < -0.4 is 0 Å². The van der Waals surface area contributed by atoms with Crippen LogP contribution in [0.3, 0.4) is 0 Å². The summed E-state index contributed by atoms with van der Waals surface area (Å²) < 4.78 is 17.2. The molecule has 0 spiro atoms. The number of benzene rings is 1. The Kier molecular flexibility index (Phi) is 2.96. The van der Waals surface area contributed by atoms with Gasteiger partial charge in [-0.25, -0.2) is 0 Å². The zero-order chi connectivity index (χ0) is 12.8. The van der Waals surface area contributed by atoms with Crippen molar-refractivity contribution in [2.24, 2.45) is 0 Å². The Hall–Kier alpha value is -0.840. The highest BCUT2D eigenvalue weighted by molar-refractivity contribution is 9.09. The van der Waals surface area contributed by atoms with Crippen molar-refractivity contribution in [3.8, 4) is 0 Å². The molecule has 0 radical (unpaired) electrons. The Labute approximate surface area is 114 Å². The lowest BCUT2D eigenvalue weighted by Crippen LogP contribution is -2.21. The van der Waals surface area contributed by atoms with Gasteiger partial charge in [-0.2, -0.15) is 0 Å². The minimum Gasteiger partial charge on any atom is -0.455 e. The average molecular weight is 311 g/mol. The smallest absolute Gasteiger partial charge is 0.225 e. The van der Waals surface area contributed by atoms with Crippen molar-refractivity contribution in [3.05, 3.63) is 35.6 Å². The molecule has 2 aromatic rings. The molecule has 1 aromatic carbocycles. The molecule has 0 aliphatic carbocycles. The van der Waals surface area contributed by atoms with Gasteiger partial charge in [0.2, 0.25) is 5.79 Å². The number of fused-ring (bicyclic) bond motifs is 1. The molecule has 0 bridgehead atoms. The van der Waals surface area contributed by atoms with Crippen LogP contribution in [0.4, 0.5) is 0 Å². The van der Waals surface area contributed by atoms with E-state index in [1.54, 1.807) is 0 Å². The van der Waals surface area contributed by atoms with Crippen LogP contribution in [-0.2, 0) is 15.3 Å². The molecule has 1 atom stereocenters. The van der Waals surface area contributed by atoms with Crippen molar-refractivity contribution in [2.45, 2.75) is 24.5 Å². The van der Waals surface area contributed by atoms with Gasteiger partial charge in [-0.15, -0.1) is 0 Å². The second-order valence-corrected chi connectivity index (χ2v) is 6.01. The van der Waals surface area contributed by atoms with Crippen molar-refractivity contribution in [1.29, 1.82) is 0 Å². The van der Waals surface area contributed by atoms with E-state index in [0.29, 0.717) is 13.2 Å². The molecule has 3 rings (SSSR count). The molecule has 0 saturated carbocycles. The van der Waals surface area contributed by atoms with E-state index in [9.17, 15) is 0 Å². The van der Waals surface area contributed by atoms with Gasteiger partial charge in [-0.3, -0.25) is 0 Å². The van der Waals surface area contributed by atoms with Gasteiger partial charge in [0.25, 0.3) is 0 Å². The van der Waals surface area contributed by atoms with E-state index in [-0.39, 0.29) is 4.83 Å². The minimum absolute atomic E-state index is 0.249. The zero-order valence-corrected chi connectivity index (χ0v) is 12.0. The van der Waals surface area contributed by atoms with E-state index >= 15 is 0 Å². The lowest BCUT2D eigenvalue weighted by molar-refractivity contribution is -0.162. The van der Waals surface area contributed by atoms with Gasteiger partial charge in [0.15, 0.2) is 5.76 Å². The first-order chi connectivity index (χ1) is 8.60. The monoisotopic (exact) mass is 310 g/mol. The molecular weight excluding hydrogens is 296 g/mol. The van der Waals surface area contributed by atoms with Crippen molar-refractivity contribution in [1.82, 2.24) is 0 Å². The molecular formula is C14H15BrO3. The molecule has 1 aliphatic rings. The van der Waals surface area contributed by atoms with E-state index in [4.69, 9.17) is 13.9 Å². The second-order valence-electron chi connectivity index (χ2n) is 4.63. The van der Waals surface area contributed by atoms with Crippen LogP contribution in [0.15, 0.2) is 28.7 Å². The van der Waals surface area contributed by atoms with Crippen LogP contribution in [-0.4, -0.2) is 13.2 Å². The number of hydrogen-bond acceptors (Lipinski definition) is 3. The molecule has 1 aliphatic heterocycles. The molecule has 18 heavy (non-hydrogen) atoms. The summed E-state index contributed by atoms with van der Waals surface area (Å²) in [6.45, 7) is 5.20. The Bertz CT molecular complexity index is 567. The van der Waals surface area contributed by atoms with Gasteiger partial charge in [-0.1, -0.05) is 34.1 Å². The first-order valence-corrected chi connectivity index (χ1v) is 6.97. The largest absolute Gasteiger partial charge is 0.455 e. The lowest BCUT2D eigenvalue weighted by Gasteiger charge is -2.18. The molecule has 1 aromatic heterocycles. The molecule has 1 fully saturated rings. The summed E-state index contributed by atoms with van der Waals surface area (Å²) in [5.74, 6) is -0.0122. The first-order valence-electron chi connectivity index (χ1n) is 6.05. The van der Waals surface area contributed by atoms with E-state index in [0.717, 1.165) is 22.3 Å². The molecule has 0 N–H and O–H groups in total. The predicted molar refractivity (Wildman–Crippen MR) is 72.8 cm³/mol. The van der Waals surface area contributed by atoms with E-state index in [2.05, 4.69) is 28.9 Å². The van der Waals surface area contributed by atoms with Crippen LogP contribution in [0.25, 0.3) is 11.0 Å². The quantitative estimate of drug-likeness (QED) is 0.782. The van der Waals surface area contributed by atoms with Gasteiger partial charge in [0.05, 0.1) is 13.2 Å². The van der Waals surface area contributed by atoms with Gasteiger partial charge in [0.1, 0.15) is 5.58 Å². The number of para-hydroxylation sites is 1. The maximum Gasteiger partial charge on any atom is 0.225 e. The number of hydrogen-bond donors (Lipinski definition) is 0. The van der Waals surface area contributed by atoms with Crippen LogP contribution in [0.2, 0.25) is 0 Å². The number of alkyl halides is 1. The summed E-state index contributed by atoms with van der Waals surface area (Å²) >= 11 is 3.59. The summed E-state index contributed by atoms with van der Waals surface area (Å²) in [4.78, 5) is 0.249. The molecule has 4 heteroatoms. The third kappa shape index (κ3) is 1.88. The van der Waals surface area contributed by atoms with E-state index < -0.39 is 5.79 Å². The molecule has 2 heterocycles. The Morgan fingerprint density at radius 1 is 1.28 bits per heavy atom. The number of ether oxygens (including phenoxy) is 2. The Morgan fingerprint density at radius 2 is 2.00 bits per heavy atom. The summed E-state index contributed by atoms with van der Waals surface area (Å²) in [7, 11) is 0. The number of halogens is 1. The third-order valence-corrected chi connectivity index (χ3v) is 3.78. The van der Waals surface area contributed by atoms with Crippen LogP contribution >= 0.6 is 15.9 Å². The first kappa shape index (κ1) is 12.2. The normalized spacial score (nSPS) is 20.4. The van der Waals surface area contributed by atoms with Crippen molar-refractivity contribution in [2.75, 3.05) is 13.2 Å². The standard InChI is InChI=1S/C14H15BrO3/c1-9(15)11-5-3-4-10-8-12(18-13(10)11)14(2)16-6-7-17-14/h3-5,8-9H,6-7H2,1-2H3. The Morgan fingerprint density at radius 3 is 2.67 bits per heavy atom. The highest BCUT2D eigenvalue weighted by Crippen LogP contribution is 2.37. The van der Waals surface area contributed by atoms with Crippen LogP contribution in [0, 0.1) is 0 Å². The second kappa shape index (κ2) is 4.37. The molecule has 1 saturated heterocycles. The maximum absolute atomic E-state index is 5.97. The zero-order valence-electron chi connectivity index (χ0n) is 10.4. The summed E-state index contributed by atoms with van der Waals surface area (Å²) in [5.41, 5.74) is 2.04. The number of rotatable bonds is 2. The van der Waals surface area contributed by atoms with Crippen LogP contribution in [0.5, 0.6) is 0 Å². The lowest BCUT2D eigenvalue weighted by atomic mass is 10.1. The highest BCUT2D eigenvalue weighted by atomic mass is 79.9. The summed E-state index contributed by atoms with van der Waals surface area (Å²) in [6, 6.07) is 8.14. The predicted octanol–water partition coefficient (Wildman–Crippen LogP) is 4.11. The average Bonchev–Trinajstić information content (AvgIpc) is 2.94. The van der Waals surface area contributed by atoms with Gasteiger partial charge in [-0.05, 0) is 19.9 Å². The minimum atomic E-state index is -0.744. The topological polar surface area (TPSA) is 31.6 Å². The fourth-order valence-corrected chi connectivity index (χ4v) is 2.64. The van der Waals surface area contributed by atoms with Gasteiger partial charge >= 0.3 is 0 Å². The van der Waals surface area contributed by atoms with E-state index in [1.165, 1.54) is 0 Å². The van der Waals surface area contributed by atoms with Crippen molar-refractivity contribution >= 4 is 26.9 Å². The fourth-order valence-electron chi connectivity index (χ4n) is 2.28. The van der Waals surface area contributed by atoms with Gasteiger partial charge in [0, 0.05) is 15.8 Å².